The SMILES string of the molecule is CCNC(c1cc(OC)c(OC)cc1C)c1ccoc1Br. The van der Waals surface area contributed by atoms with Crippen molar-refractivity contribution in [3.63, 3.8) is 0 Å². The maximum Gasteiger partial charge on any atom is 0.174 e. The number of methoxy groups -OCH3 is 2. The number of hydrogen-bond acceptors (Lipinski definition) is 4. The Bertz CT molecular complexity index is 610. The number of hydrogen-bond donors (Lipinski definition) is 1. The van der Waals surface area contributed by atoms with Gasteiger partial charge in [0, 0.05) is 5.56 Å². The third kappa shape index (κ3) is 3.24. The molecular formula is C16H20BrNO3. The largest absolute Gasteiger partial charge is 0.493 e. The lowest BCUT2D eigenvalue weighted by Gasteiger charge is -2.21. The van der Waals surface area contributed by atoms with E-state index in [0.717, 1.165) is 39.4 Å². The van der Waals surface area contributed by atoms with Gasteiger partial charge in [-0.25, -0.2) is 0 Å². The maximum absolute atomic E-state index is 5.42. The number of aryl methyl sites for hydroxylation is 1. The highest BCUT2D eigenvalue weighted by molar-refractivity contribution is 9.10. The summed E-state index contributed by atoms with van der Waals surface area (Å²) in [6.07, 6.45) is 1.68. The Morgan fingerprint density at radius 3 is 2.38 bits per heavy atom. The molecule has 0 saturated heterocycles. The number of halogens is 1. The Morgan fingerprint density at radius 2 is 1.86 bits per heavy atom. The van der Waals surface area contributed by atoms with Crippen LogP contribution in [0.25, 0.3) is 0 Å². The van der Waals surface area contributed by atoms with E-state index in [-0.39, 0.29) is 6.04 Å². The van der Waals surface area contributed by atoms with E-state index in [0.29, 0.717) is 0 Å². The average Bonchev–Trinajstić information content (AvgIpc) is 2.90. The van der Waals surface area contributed by atoms with Crippen LogP contribution in [0.2, 0.25) is 0 Å². The molecule has 114 valence electrons. The first-order chi connectivity index (χ1) is 10.1. The molecule has 1 atom stereocenters. The van der Waals surface area contributed by atoms with E-state index in [2.05, 4.69) is 35.1 Å². The van der Waals surface area contributed by atoms with Crippen molar-refractivity contribution in [1.29, 1.82) is 0 Å². The predicted molar refractivity (Wildman–Crippen MR) is 86.2 cm³/mol. The van der Waals surface area contributed by atoms with Gasteiger partial charge in [-0.15, -0.1) is 0 Å². The predicted octanol–water partition coefficient (Wildman–Crippen LogP) is 4.07. The van der Waals surface area contributed by atoms with Crippen molar-refractivity contribution in [3.8, 4) is 11.5 Å². The molecule has 0 aliphatic heterocycles. The monoisotopic (exact) mass is 353 g/mol. The fourth-order valence-corrected chi connectivity index (χ4v) is 2.88. The molecule has 0 aliphatic carbocycles. The van der Waals surface area contributed by atoms with Gasteiger partial charge in [-0.2, -0.15) is 0 Å². The van der Waals surface area contributed by atoms with Gasteiger partial charge < -0.3 is 19.2 Å². The van der Waals surface area contributed by atoms with Gasteiger partial charge in [0.15, 0.2) is 16.2 Å². The Kier molecular flexibility index (Phi) is 5.31. The topological polar surface area (TPSA) is 43.6 Å². The molecule has 2 rings (SSSR count). The molecule has 4 nitrogen and oxygen atoms in total. The van der Waals surface area contributed by atoms with Gasteiger partial charge in [0.1, 0.15) is 0 Å². The van der Waals surface area contributed by atoms with Crippen LogP contribution in [0.15, 0.2) is 33.5 Å². The fourth-order valence-electron chi connectivity index (χ4n) is 2.41. The minimum Gasteiger partial charge on any atom is -0.493 e. The summed E-state index contributed by atoms with van der Waals surface area (Å²) in [4.78, 5) is 0. The molecule has 2 aromatic rings. The molecule has 5 heteroatoms. The molecule has 21 heavy (non-hydrogen) atoms. The molecule has 0 bridgehead atoms. The van der Waals surface area contributed by atoms with Crippen LogP contribution >= 0.6 is 15.9 Å². The maximum atomic E-state index is 5.42. The summed E-state index contributed by atoms with van der Waals surface area (Å²) in [6.45, 7) is 4.99. The molecule has 1 heterocycles. The first-order valence-corrected chi connectivity index (χ1v) is 7.60. The zero-order valence-electron chi connectivity index (χ0n) is 12.7. The first-order valence-electron chi connectivity index (χ1n) is 6.81. The lowest BCUT2D eigenvalue weighted by atomic mass is 9.96. The van der Waals surface area contributed by atoms with E-state index < -0.39 is 0 Å². The van der Waals surface area contributed by atoms with Crippen LogP contribution in [0.4, 0.5) is 0 Å². The normalized spacial score (nSPS) is 12.2. The van der Waals surface area contributed by atoms with E-state index in [1.807, 2.05) is 18.2 Å². The highest BCUT2D eigenvalue weighted by Gasteiger charge is 2.21. The lowest BCUT2D eigenvalue weighted by molar-refractivity contribution is 0.353. The molecule has 0 saturated carbocycles. The summed E-state index contributed by atoms with van der Waals surface area (Å²) in [7, 11) is 3.29. The number of ether oxygens (including phenoxy) is 2. The van der Waals surface area contributed by atoms with Gasteiger partial charge in [0.25, 0.3) is 0 Å². The molecule has 1 aromatic heterocycles. The van der Waals surface area contributed by atoms with E-state index >= 15 is 0 Å². The van der Waals surface area contributed by atoms with E-state index in [1.165, 1.54) is 0 Å². The van der Waals surface area contributed by atoms with Crippen LogP contribution < -0.4 is 14.8 Å². The molecule has 0 spiro atoms. The van der Waals surface area contributed by atoms with Crippen LogP contribution in [-0.4, -0.2) is 20.8 Å². The molecule has 0 aliphatic rings. The van der Waals surface area contributed by atoms with Crippen molar-refractivity contribution >= 4 is 15.9 Å². The Morgan fingerprint density at radius 1 is 1.19 bits per heavy atom. The van der Waals surface area contributed by atoms with Gasteiger partial charge in [-0.05, 0) is 58.7 Å². The standard InChI is InChI=1S/C16H20BrNO3/c1-5-18-15(11-6-7-21-16(11)17)12-9-14(20-4)13(19-3)8-10(12)2/h6-9,15,18H,5H2,1-4H3. The summed E-state index contributed by atoms with van der Waals surface area (Å²) in [5, 5.41) is 3.49. The second kappa shape index (κ2) is 7.00. The van der Waals surface area contributed by atoms with E-state index in [4.69, 9.17) is 13.9 Å². The fraction of sp³-hybridized carbons (Fsp3) is 0.375. The van der Waals surface area contributed by atoms with Crippen LogP contribution in [-0.2, 0) is 0 Å². The van der Waals surface area contributed by atoms with Crippen molar-refractivity contribution in [2.24, 2.45) is 0 Å². The van der Waals surface area contributed by atoms with Crippen molar-refractivity contribution in [3.05, 3.63) is 45.8 Å². The van der Waals surface area contributed by atoms with Crippen molar-refractivity contribution in [1.82, 2.24) is 5.32 Å². The number of benzene rings is 1. The zero-order chi connectivity index (χ0) is 15.4. The molecule has 1 aromatic carbocycles. The molecule has 1 N–H and O–H groups in total. The summed E-state index contributed by atoms with van der Waals surface area (Å²) in [5.74, 6) is 1.46. The lowest BCUT2D eigenvalue weighted by Crippen LogP contribution is -2.22. The van der Waals surface area contributed by atoms with Gasteiger partial charge >= 0.3 is 0 Å². The molecule has 1 unspecified atom stereocenters. The van der Waals surface area contributed by atoms with Crippen molar-refractivity contribution in [2.45, 2.75) is 19.9 Å². The van der Waals surface area contributed by atoms with Gasteiger partial charge in [-0.3, -0.25) is 0 Å². The van der Waals surface area contributed by atoms with Crippen molar-refractivity contribution in [2.75, 3.05) is 20.8 Å². The highest BCUT2D eigenvalue weighted by Crippen LogP contribution is 2.37. The molecule has 0 fully saturated rings. The second-order valence-corrected chi connectivity index (χ2v) is 5.42. The Hall–Kier alpha value is -1.46. The average molecular weight is 354 g/mol. The van der Waals surface area contributed by atoms with Crippen LogP contribution in [0.1, 0.15) is 29.7 Å². The van der Waals surface area contributed by atoms with Crippen LogP contribution in [0.3, 0.4) is 0 Å². The third-order valence-corrected chi connectivity index (χ3v) is 4.09. The summed E-state index contributed by atoms with van der Waals surface area (Å²) >= 11 is 3.46. The number of rotatable bonds is 6. The summed E-state index contributed by atoms with van der Waals surface area (Å²) < 4.78 is 16.9. The summed E-state index contributed by atoms with van der Waals surface area (Å²) in [5.41, 5.74) is 3.33. The minimum absolute atomic E-state index is 0.0305. The van der Waals surface area contributed by atoms with Crippen LogP contribution in [0.5, 0.6) is 11.5 Å². The van der Waals surface area contributed by atoms with E-state index in [9.17, 15) is 0 Å². The first kappa shape index (κ1) is 15.9. The van der Waals surface area contributed by atoms with Crippen molar-refractivity contribution < 1.29 is 13.9 Å². The van der Waals surface area contributed by atoms with Gasteiger partial charge in [0.2, 0.25) is 0 Å². The molecule has 0 amide bonds. The minimum atomic E-state index is 0.0305. The highest BCUT2D eigenvalue weighted by atomic mass is 79.9. The van der Waals surface area contributed by atoms with Crippen LogP contribution in [0, 0.1) is 6.92 Å². The quantitative estimate of drug-likeness (QED) is 0.850. The van der Waals surface area contributed by atoms with Gasteiger partial charge in [-0.1, -0.05) is 6.92 Å². The number of furan rings is 1. The zero-order valence-corrected chi connectivity index (χ0v) is 14.3. The summed E-state index contributed by atoms with van der Waals surface area (Å²) in [6, 6.07) is 6.00. The van der Waals surface area contributed by atoms with Gasteiger partial charge in [0.05, 0.1) is 26.5 Å². The van der Waals surface area contributed by atoms with E-state index in [1.54, 1.807) is 20.5 Å². The second-order valence-electron chi connectivity index (χ2n) is 4.70. The third-order valence-electron chi connectivity index (χ3n) is 3.45. The molecular weight excluding hydrogens is 334 g/mol. The Balaban J connectivity index is 2.53. The molecule has 0 radical (unpaired) electrons. The number of nitrogens with one attached hydrogen (secondary N) is 1. The Labute approximate surface area is 133 Å². The smallest absolute Gasteiger partial charge is 0.174 e.